The predicted octanol–water partition coefficient (Wildman–Crippen LogP) is 5.57. The molecule has 7 rings (SSSR count). The molecule has 0 spiro atoms. The van der Waals surface area contributed by atoms with Gasteiger partial charge in [0.05, 0.1) is 11.8 Å². The van der Waals surface area contributed by atoms with Gasteiger partial charge >= 0.3 is 0 Å². The van der Waals surface area contributed by atoms with E-state index >= 15 is 0 Å². The zero-order valence-electron chi connectivity index (χ0n) is 19.4. The molecule has 1 N–H and O–H groups in total. The zero-order valence-corrected chi connectivity index (χ0v) is 21.7. The van der Waals surface area contributed by atoms with Crippen LogP contribution in [-0.4, -0.2) is 28.7 Å². The molecule has 0 radical (unpaired) electrons. The second kappa shape index (κ2) is 7.82. The maximum absolute atomic E-state index is 14.0. The highest BCUT2D eigenvalue weighted by molar-refractivity contribution is 6.36. The normalized spacial score (nSPS) is 28.4. The number of benzene rings is 3. The van der Waals surface area contributed by atoms with E-state index in [4.69, 9.17) is 34.8 Å². The van der Waals surface area contributed by atoms with Gasteiger partial charge in [-0.1, -0.05) is 66.2 Å². The lowest BCUT2D eigenvalue weighted by Crippen LogP contribution is -2.57. The van der Waals surface area contributed by atoms with Gasteiger partial charge in [-0.15, -0.1) is 23.2 Å². The van der Waals surface area contributed by atoms with Gasteiger partial charge in [-0.3, -0.25) is 19.3 Å². The summed E-state index contributed by atoms with van der Waals surface area (Å²) in [7, 11) is 0. The molecule has 182 valence electrons. The molecule has 1 fully saturated rings. The van der Waals surface area contributed by atoms with Crippen molar-refractivity contribution in [3.05, 3.63) is 99.6 Å². The Balaban J connectivity index is 1.45. The number of amides is 3. The highest BCUT2D eigenvalue weighted by atomic mass is 35.5. The van der Waals surface area contributed by atoms with Gasteiger partial charge < -0.3 is 5.32 Å². The first kappa shape index (κ1) is 23.5. The fourth-order valence-corrected chi connectivity index (χ4v) is 7.44. The van der Waals surface area contributed by atoms with Crippen molar-refractivity contribution in [1.82, 2.24) is 4.90 Å². The third-order valence-electron chi connectivity index (χ3n) is 7.91. The second-order valence-corrected chi connectivity index (χ2v) is 11.2. The number of carbonyl (C=O) groups is 3. The van der Waals surface area contributed by atoms with Crippen molar-refractivity contribution in [2.24, 2.45) is 11.8 Å². The molecule has 0 saturated carbocycles. The summed E-state index contributed by atoms with van der Waals surface area (Å²) in [5.74, 6) is -3.40. The van der Waals surface area contributed by atoms with Crippen LogP contribution in [0.4, 0.5) is 5.69 Å². The molecule has 3 atom stereocenters. The number of imide groups is 1. The minimum Gasteiger partial charge on any atom is -0.324 e. The molecule has 2 bridgehead atoms. The first-order chi connectivity index (χ1) is 17.1. The highest BCUT2D eigenvalue weighted by Gasteiger charge is 2.73. The second-order valence-electron chi connectivity index (χ2n) is 9.59. The van der Waals surface area contributed by atoms with Crippen molar-refractivity contribution in [1.29, 1.82) is 0 Å². The van der Waals surface area contributed by atoms with Gasteiger partial charge in [0, 0.05) is 10.7 Å². The van der Waals surface area contributed by atoms with E-state index in [2.05, 4.69) is 5.32 Å². The molecule has 36 heavy (non-hydrogen) atoms. The maximum atomic E-state index is 14.0. The zero-order chi connectivity index (χ0) is 25.6. The molecular weight excluding hydrogens is 519 g/mol. The number of hydrogen-bond acceptors (Lipinski definition) is 3. The van der Waals surface area contributed by atoms with Crippen molar-refractivity contribution in [3.8, 4) is 0 Å². The van der Waals surface area contributed by atoms with E-state index in [9.17, 15) is 14.4 Å². The molecule has 3 aromatic carbocycles. The van der Waals surface area contributed by atoms with Gasteiger partial charge in [0.25, 0.3) is 0 Å². The van der Waals surface area contributed by atoms with E-state index in [1.807, 2.05) is 48.5 Å². The lowest BCUT2D eigenvalue weighted by molar-refractivity contribution is -0.146. The van der Waals surface area contributed by atoms with Gasteiger partial charge in [0.15, 0.2) is 0 Å². The molecule has 1 saturated heterocycles. The van der Waals surface area contributed by atoms with Crippen LogP contribution in [0.5, 0.6) is 0 Å². The van der Waals surface area contributed by atoms with Crippen molar-refractivity contribution < 1.29 is 14.4 Å². The number of nitrogens with one attached hydrogen (secondary N) is 1. The molecule has 0 aromatic heterocycles. The molecule has 4 aliphatic rings. The lowest BCUT2D eigenvalue weighted by atomic mass is 9.54. The van der Waals surface area contributed by atoms with Gasteiger partial charge in [-0.05, 0) is 53.8 Å². The van der Waals surface area contributed by atoms with Gasteiger partial charge in [-0.25, -0.2) is 0 Å². The number of halogens is 3. The van der Waals surface area contributed by atoms with Crippen LogP contribution in [0.3, 0.4) is 0 Å². The summed E-state index contributed by atoms with van der Waals surface area (Å²) >= 11 is 21.0. The third-order valence-corrected chi connectivity index (χ3v) is 9.61. The summed E-state index contributed by atoms with van der Waals surface area (Å²) in [4.78, 5) is 39.7. The minimum absolute atomic E-state index is 0.500. The average molecular weight is 540 g/mol. The largest absolute Gasteiger partial charge is 0.324 e. The van der Waals surface area contributed by atoms with Crippen LogP contribution in [0.25, 0.3) is 0 Å². The summed E-state index contributed by atoms with van der Waals surface area (Å²) in [6.07, 6.45) is 0. The van der Waals surface area contributed by atoms with Crippen LogP contribution in [0.1, 0.15) is 34.7 Å². The Labute approximate surface area is 223 Å². The molecule has 3 amide bonds. The van der Waals surface area contributed by atoms with Crippen molar-refractivity contribution in [3.63, 3.8) is 0 Å². The number of anilines is 1. The quantitative estimate of drug-likeness (QED) is 0.350. The number of rotatable bonds is 3. The topological polar surface area (TPSA) is 66.5 Å². The first-order valence-corrected chi connectivity index (χ1v) is 12.8. The highest BCUT2D eigenvalue weighted by Crippen LogP contribution is 2.69. The Hall–Kier alpha value is -2.86. The Morgan fingerprint density at radius 1 is 0.833 bits per heavy atom. The van der Waals surface area contributed by atoms with Crippen LogP contribution in [-0.2, 0) is 24.1 Å². The van der Waals surface area contributed by atoms with E-state index in [0.29, 0.717) is 16.3 Å². The molecule has 8 heteroatoms. The number of carbonyl (C=O) groups excluding carboxylic acids is 3. The third kappa shape index (κ3) is 2.77. The summed E-state index contributed by atoms with van der Waals surface area (Å²) in [6.45, 7) is 3.32. The van der Waals surface area contributed by atoms with E-state index < -0.39 is 45.3 Å². The van der Waals surface area contributed by atoms with Crippen LogP contribution in [0, 0.1) is 18.8 Å². The van der Waals surface area contributed by atoms with Crippen LogP contribution in [0.15, 0.2) is 66.7 Å². The Morgan fingerprint density at radius 2 is 1.28 bits per heavy atom. The molecule has 0 unspecified atom stereocenters. The molecule has 1 heterocycles. The van der Waals surface area contributed by atoms with Crippen molar-refractivity contribution in [2.75, 3.05) is 5.32 Å². The number of nitrogens with zero attached hydrogens (tertiary/aromatic N) is 1. The Morgan fingerprint density at radius 3 is 1.72 bits per heavy atom. The predicted molar refractivity (Wildman–Crippen MR) is 139 cm³/mol. The van der Waals surface area contributed by atoms with Gasteiger partial charge in [0.1, 0.15) is 15.8 Å². The average Bonchev–Trinajstić information content (AvgIpc) is 3.15. The van der Waals surface area contributed by atoms with Crippen LogP contribution < -0.4 is 5.32 Å². The Bertz CT molecular complexity index is 1360. The standard InChI is InChI=1S/C28H21Cl3N2O3/c1-14-20(29)12-7-13-21(14)32-24(34)15(2)33-25(35)22-23(26(33)36)28(31)17-9-4-3-8-16(17)27(22,30)18-10-5-6-11-19(18)28/h3-13,15,22-23H,1-2H3,(H,32,34)/t15-,22-,23+,27?,28?/m0/s1. The van der Waals surface area contributed by atoms with E-state index in [1.54, 1.807) is 25.1 Å². The molecular formula is C28H21Cl3N2O3. The Kier molecular flexibility index (Phi) is 5.11. The number of hydrogen-bond donors (Lipinski definition) is 1. The molecule has 5 nitrogen and oxygen atoms in total. The van der Waals surface area contributed by atoms with E-state index in [-0.39, 0.29) is 0 Å². The molecule has 3 aliphatic carbocycles. The van der Waals surface area contributed by atoms with E-state index in [1.165, 1.54) is 6.92 Å². The summed E-state index contributed by atoms with van der Waals surface area (Å²) in [6, 6.07) is 18.9. The lowest BCUT2D eigenvalue weighted by Gasteiger charge is -2.54. The van der Waals surface area contributed by atoms with Crippen LogP contribution >= 0.6 is 34.8 Å². The summed E-state index contributed by atoms with van der Waals surface area (Å²) in [5.41, 5.74) is 4.08. The summed E-state index contributed by atoms with van der Waals surface area (Å²) in [5, 5.41) is 3.31. The van der Waals surface area contributed by atoms with Gasteiger partial charge in [-0.2, -0.15) is 0 Å². The minimum atomic E-state index is -1.28. The molecule has 3 aromatic rings. The van der Waals surface area contributed by atoms with Crippen LogP contribution in [0.2, 0.25) is 5.02 Å². The molecule has 1 aliphatic heterocycles. The van der Waals surface area contributed by atoms with Crippen molar-refractivity contribution in [2.45, 2.75) is 29.6 Å². The first-order valence-electron chi connectivity index (χ1n) is 11.6. The number of likely N-dealkylation sites (tertiary alicyclic amines) is 1. The summed E-state index contributed by atoms with van der Waals surface area (Å²) < 4.78 is 0. The van der Waals surface area contributed by atoms with E-state index in [0.717, 1.165) is 27.2 Å². The fourth-order valence-electron chi connectivity index (χ4n) is 6.17. The van der Waals surface area contributed by atoms with Crippen molar-refractivity contribution >= 4 is 58.2 Å². The fraction of sp³-hybridized carbons (Fsp3) is 0.250. The SMILES string of the molecule is Cc1c(Cl)cccc1NC(=O)[C@H](C)N1C(=O)[C@@H]2[C@H](C1=O)C1(Cl)c3ccccc3C2(Cl)c2ccccc21. The maximum Gasteiger partial charge on any atom is 0.247 e. The monoisotopic (exact) mass is 538 g/mol. The van der Waals surface area contributed by atoms with Gasteiger partial charge in [0.2, 0.25) is 17.7 Å². The smallest absolute Gasteiger partial charge is 0.247 e. The number of alkyl halides is 2.